The van der Waals surface area contributed by atoms with Crippen molar-refractivity contribution in [1.29, 1.82) is 0 Å². The Labute approximate surface area is 181 Å². The number of esters is 1. The number of carbonyl (C=O) groups excluding carboxylic acids is 2. The lowest BCUT2D eigenvalue weighted by atomic mass is 10.2. The average Bonchev–Trinajstić information content (AvgIpc) is 2.77. The zero-order valence-electron chi connectivity index (χ0n) is 17.5. The van der Waals surface area contributed by atoms with Gasteiger partial charge in [-0.05, 0) is 12.1 Å². The molecule has 0 amide bonds. The van der Waals surface area contributed by atoms with E-state index >= 15 is 0 Å². The number of carboxylic acid groups (broad SMARTS) is 1. The average molecular weight is 442 g/mol. The Balaban J connectivity index is 1.75. The van der Waals surface area contributed by atoms with Crippen LogP contribution in [0.2, 0.25) is 0 Å². The van der Waals surface area contributed by atoms with Gasteiger partial charge in [0.15, 0.2) is 0 Å². The molecule has 1 rings (SSSR count). The summed E-state index contributed by atoms with van der Waals surface area (Å²) < 4.78 is 31.6. The van der Waals surface area contributed by atoms with E-state index < -0.39 is 17.7 Å². The quantitative estimate of drug-likeness (QED) is 0.178. The molecule has 0 aromatic heterocycles. The summed E-state index contributed by atoms with van der Waals surface area (Å²) in [5.74, 6) is -2.40. The van der Waals surface area contributed by atoms with Gasteiger partial charge in [0.1, 0.15) is 19.0 Å². The van der Waals surface area contributed by atoms with Crippen molar-refractivity contribution in [2.75, 3.05) is 66.1 Å². The molecule has 174 valence electrons. The Hall–Kier alpha value is -2.53. The van der Waals surface area contributed by atoms with Crippen molar-refractivity contribution < 1.29 is 47.9 Å². The second-order valence-electron chi connectivity index (χ2n) is 6.06. The largest absolute Gasteiger partial charge is 0.491 e. The lowest BCUT2D eigenvalue weighted by Gasteiger charge is -2.08. The Morgan fingerprint density at radius 3 is 1.65 bits per heavy atom. The molecule has 1 N–H and O–H groups in total. The van der Waals surface area contributed by atoms with Gasteiger partial charge >= 0.3 is 11.9 Å². The molecule has 10 nitrogen and oxygen atoms in total. The molecule has 0 fully saturated rings. The monoisotopic (exact) mass is 442 g/mol. The number of ether oxygens (including phenoxy) is 6. The molecule has 0 heterocycles. The molecule has 0 unspecified atom stereocenters. The molecule has 0 bridgehead atoms. The van der Waals surface area contributed by atoms with Crippen LogP contribution in [0.5, 0.6) is 5.75 Å². The predicted octanol–water partition coefficient (Wildman–Crippen LogP) is 1.11. The fraction of sp³-hybridized carbons (Fsp3) is 0.571. The van der Waals surface area contributed by atoms with Crippen molar-refractivity contribution >= 4 is 17.7 Å². The second-order valence-corrected chi connectivity index (χ2v) is 6.06. The standard InChI is InChI=1S/C21H30O10/c22-19(21(24)25)6-7-20(23)31-17-15-29-13-11-27-9-8-26-10-12-28-14-16-30-18-4-2-1-3-5-18/h1-5H,6-17H2,(H,24,25). The van der Waals surface area contributed by atoms with Crippen molar-refractivity contribution in [2.24, 2.45) is 0 Å². The van der Waals surface area contributed by atoms with Crippen molar-refractivity contribution in [1.82, 2.24) is 0 Å². The molecular formula is C21H30O10. The van der Waals surface area contributed by atoms with Gasteiger partial charge in [0.2, 0.25) is 5.78 Å². The highest BCUT2D eigenvalue weighted by molar-refractivity contribution is 6.32. The molecule has 31 heavy (non-hydrogen) atoms. The summed E-state index contributed by atoms with van der Waals surface area (Å²) in [5, 5.41) is 8.39. The normalized spacial score (nSPS) is 10.6. The van der Waals surface area contributed by atoms with E-state index in [2.05, 4.69) is 0 Å². The van der Waals surface area contributed by atoms with Crippen LogP contribution in [0.3, 0.4) is 0 Å². The van der Waals surface area contributed by atoms with Gasteiger partial charge in [-0.15, -0.1) is 0 Å². The molecular weight excluding hydrogens is 412 g/mol. The number of Topliss-reactive ketones (excluding diaryl/α,β-unsaturated/α-hetero) is 1. The minimum atomic E-state index is -1.56. The van der Waals surface area contributed by atoms with E-state index in [-0.39, 0.29) is 26.1 Å². The van der Waals surface area contributed by atoms with Crippen LogP contribution >= 0.6 is 0 Å². The van der Waals surface area contributed by atoms with Crippen LogP contribution in [-0.2, 0) is 38.1 Å². The molecule has 0 atom stereocenters. The van der Waals surface area contributed by atoms with Gasteiger partial charge in [0.05, 0.1) is 59.3 Å². The zero-order chi connectivity index (χ0) is 22.6. The van der Waals surface area contributed by atoms with Crippen LogP contribution in [0.25, 0.3) is 0 Å². The number of hydrogen-bond donors (Lipinski definition) is 1. The summed E-state index contributed by atoms with van der Waals surface area (Å²) in [7, 11) is 0. The number of carbonyl (C=O) groups is 3. The summed E-state index contributed by atoms with van der Waals surface area (Å²) in [6, 6.07) is 9.53. The molecule has 0 saturated carbocycles. The van der Waals surface area contributed by atoms with E-state index in [0.29, 0.717) is 52.9 Å². The van der Waals surface area contributed by atoms with E-state index in [1.165, 1.54) is 0 Å². The van der Waals surface area contributed by atoms with E-state index in [4.69, 9.17) is 33.5 Å². The molecule has 10 heteroatoms. The lowest BCUT2D eigenvalue weighted by molar-refractivity contribution is -0.151. The van der Waals surface area contributed by atoms with Crippen LogP contribution in [-0.4, -0.2) is 88.9 Å². The Bertz CT molecular complexity index is 620. The number of benzene rings is 1. The first kappa shape index (κ1) is 26.5. The topological polar surface area (TPSA) is 127 Å². The third-order valence-electron chi connectivity index (χ3n) is 3.64. The van der Waals surface area contributed by atoms with Gasteiger partial charge in [0, 0.05) is 6.42 Å². The maximum absolute atomic E-state index is 11.3. The van der Waals surface area contributed by atoms with Crippen LogP contribution in [0.15, 0.2) is 30.3 Å². The Morgan fingerprint density at radius 1 is 0.645 bits per heavy atom. The Kier molecular flexibility index (Phi) is 15.6. The maximum atomic E-state index is 11.3. The summed E-state index contributed by atoms with van der Waals surface area (Å²) in [6.45, 7) is 3.70. The molecule has 0 aliphatic heterocycles. The van der Waals surface area contributed by atoms with Gasteiger partial charge in [0.25, 0.3) is 0 Å². The second kappa shape index (κ2) is 18.3. The van der Waals surface area contributed by atoms with Crippen molar-refractivity contribution in [2.45, 2.75) is 12.8 Å². The van der Waals surface area contributed by atoms with Crippen molar-refractivity contribution in [3.63, 3.8) is 0 Å². The first-order chi connectivity index (χ1) is 15.1. The molecule has 0 spiro atoms. The van der Waals surface area contributed by atoms with Crippen molar-refractivity contribution in [3.05, 3.63) is 30.3 Å². The first-order valence-corrected chi connectivity index (χ1v) is 10.00. The number of para-hydroxylation sites is 1. The van der Waals surface area contributed by atoms with E-state index in [0.717, 1.165) is 5.75 Å². The zero-order valence-corrected chi connectivity index (χ0v) is 17.5. The van der Waals surface area contributed by atoms with Crippen LogP contribution in [0.1, 0.15) is 12.8 Å². The molecule has 0 aliphatic carbocycles. The molecule has 0 radical (unpaired) electrons. The molecule has 1 aromatic rings. The summed E-state index contributed by atoms with van der Waals surface area (Å²) in [4.78, 5) is 32.4. The van der Waals surface area contributed by atoms with Crippen LogP contribution < -0.4 is 4.74 Å². The third-order valence-corrected chi connectivity index (χ3v) is 3.64. The van der Waals surface area contributed by atoms with Crippen molar-refractivity contribution in [3.8, 4) is 5.75 Å². The van der Waals surface area contributed by atoms with Crippen LogP contribution in [0, 0.1) is 0 Å². The smallest absolute Gasteiger partial charge is 0.372 e. The van der Waals surface area contributed by atoms with E-state index in [9.17, 15) is 14.4 Å². The lowest BCUT2D eigenvalue weighted by Crippen LogP contribution is -2.17. The minimum Gasteiger partial charge on any atom is -0.491 e. The van der Waals surface area contributed by atoms with Gasteiger partial charge in [-0.25, -0.2) is 4.79 Å². The van der Waals surface area contributed by atoms with Gasteiger partial charge in [-0.1, -0.05) is 18.2 Å². The maximum Gasteiger partial charge on any atom is 0.372 e. The van der Waals surface area contributed by atoms with Crippen LogP contribution in [0.4, 0.5) is 0 Å². The highest BCUT2D eigenvalue weighted by atomic mass is 16.6. The molecule has 0 aliphatic rings. The summed E-state index contributed by atoms with van der Waals surface area (Å²) >= 11 is 0. The fourth-order valence-electron chi connectivity index (χ4n) is 2.11. The predicted molar refractivity (Wildman–Crippen MR) is 108 cm³/mol. The fourth-order valence-corrected chi connectivity index (χ4v) is 2.11. The molecule has 0 saturated heterocycles. The first-order valence-electron chi connectivity index (χ1n) is 10.00. The number of rotatable bonds is 20. The Morgan fingerprint density at radius 2 is 1.13 bits per heavy atom. The van der Waals surface area contributed by atoms with E-state index in [1.807, 2.05) is 30.3 Å². The van der Waals surface area contributed by atoms with Gasteiger partial charge in [-0.2, -0.15) is 0 Å². The molecule has 1 aromatic carbocycles. The highest BCUT2D eigenvalue weighted by Gasteiger charge is 2.14. The summed E-state index contributed by atoms with van der Waals surface area (Å²) in [5.41, 5.74) is 0. The number of aliphatic carboxylic acids is 1. The number of ketones is 1. The highest BCUT2D eigenvalue weighted by Crippen LogP contribution is 2.07. The SMILES string of the molecule is O=C(CCC(=O)C(=O)O)OCCOCCOCCOCCOCCOc1ccccc1. The minimum absolute atomic E-state index is 0.0274. The van der Waals surface area contributed by atoms with Gasteiger partial charge in [-0.3, -0.25) is 9.59 Å². The summed E-state index contributed by atoms with van der Waals surface area (Å²) in [6.07, 6.45) is -0.638. The van der Waals surface area contributed by atoms with Gasteiger partial charge < -0.3 is 33.5 Å². The van der Waals surface area contributed by atoms with E-state index in [1.54, 1.807) is 0 Å². The number of hydrogen-bond acceptors (Lipinski definition) is 9. The number of carboxylic acids is 1. The third kappa shape index (κ3) is 15.9.